The number of likely N-dealkylation sites (tertiary alicyclic amines) is 1. The highest BCUT2D eigenvalue weighted by molar-refractivity contribution is 5.87. The number of carboxylic acids is 1. The molecule has 4 rings (SSSR count). The SMILES string of the molecule is O=C(O)c1cccc(CN2CC[C@H]3OCc4cnnn4[C@H]3C2)c1. The molecule has 23 heavy (non-hydrogen) atoms. The van der Waals surface area contributed by atoms with Crippen LogP contribution in [0.4, 0.5) is 0 Å². The molecule has 7 nitrogen and oxygen atoms in total. The fraction of sp³-hybridized carbons (Fsp3) is 0.438. The number of benzene rings is 1. The zero-order valence-corrected chi connectivity index (χ0v) is 12.6. The van der Waals surface area contributed by atoms with Crippen LogP contribution in [0.3, 0.4) is 0 Å². The Hall–Kier alpha value is -2.25. The van der Waals surface area contributed by atoms with Gasteiger partial charge in [-0.3, -0.25) is 4.90 Å². The van der Waals surface area contributed by atoms with Crippen LogP contribution in [0.15, 0.2) is 30.5 Å². The molecule has 0 amide bonds. The third-order valence-corrected chi connectivity index (χ3v) is 4.59. The average Bonchev–Trinajstić information content (AvgIpc) is 3.04. The monoisotopic (exact) mass is 314 g/mol. The number of rotatable bonds is 3. The molecule has 0 saturated carbocycles. The lowest BCUT2D eigenvalue weighted by Crippen LogP contribution is -2.47. The van der Waals surface area contributed by atoms with Crippen LogP contribution >= 0.6 is 0 Å². The Balaban J connectivity index is 1.50. The Kier molecular flexibility index (Phi) is 3.59. The van der Waals surface area contributed by atoms with Gasteiger partial charge in [-0.05, 0) is 24.1 Å². The van der Waals surface area contributed by atoms with Crippen LogP contribution in [0, 0.1) is 0 Å². The van der Waals surface area contributed by atoms with E-state index in [1.165, 1.54) is 0 Å². The highest BCUT2D eigenvalue weighted by Gasteiger charge is 2.36. The molecule has 2 aliphatic rings. The topological polar surface area (TPSA) is 80.5 Å². The minimum atomic E-state index is -0.890. The second-order valence-corrected chi connectivity index (χ2v) is 6.12. The predicted octanol–water partition coefficient (Wildman–Crippen LogP) is 1.32. The molecule has 2 aromatic rings. The molecule has 0 bridgehead atoms. The summed E-state index contributed by atoms with van der Waals surface area (Å²) in [7, 11) is 0. The van der Waals surface area contributed by atoms with Crippen molar-refractivity contribution in [2.24, 2.45) is 0 Å². The van der Waals surface area contributed by atoms with E-state index in [4.69, 9.17) is 9.84 Å². The van der Waals surface area contributed by atoms with Crippen LogP contribution in [0.25, 0.3) is 0 Å². The maximum Gasteiger partial charge on any atom is 0.335 e. The first kappa shape index (κ1) is 14.3. The van der Waals surface area contributed by atoms with Crippen molar-refractivity contribution in [2.75, 3.05) is 13.1 Å². The molecule has 1 saturated heterocycles. The van der Waals surface area contributed by atoms with Gasteiger partial charge in [0, 0.05) is 19.6 Å². The van der Waals surface area contributed by atoms with E-state index < -0.39 is 5.97 Å². The first-order chi connectivity index (χ1) is 11.2. The third kappa shape index (κ3) is 2.73. The van der Waals surface area contributed by atoms with Gasteiger partial charge in [0.05, 0.1) is 36.2 Å². The van der Waals surface area contributed by atoms with Crippen LogP contribution in [0.1, 0.15) is 34.1 Å². The largest absolute Gasteiger partial charge is 0.478 e. The zero-order valence-electron chi connectivity index (χ0n) is 12.6. The average molecular weight is 314 g/mol. The van der Waals surface area contributed by atoms with E-state index in [9.17, 15) is 4.79 Å². The number of hydrogen-bond acceptors (Lipinski definition) is 5. The number of piperidine rings is 1. The van der Waals surface area contributed by atoms with E-state index in [2.05, 4.69) is 15.2 Å². The lowest BCUT2D eigenvalue weighted by molar-refractivity contribution is -0.0669. The number of aromatic nitrogens is 3. The van der Waals surface area contributed by atoms with E-state index in [0.717, 1.165) is 37.3 Å². The van der Waals surface area contributed by atoms with Gasteiger partial charge in [-0.2, -0.15) is 0 Å². The first-order valence-corrected chi connectivity index (χ1v) is 7.76. The highest BCUT2D eigenvalue weighted by Crippen LogP contribution is 2.30. The molecule has 1 aromatic carbocycles. The number of hydrogen-bond donors (Lipinski definition) is 1. The molecule has 0 aliphatic carbocycles. The van der Waals surface area contributed by atoms with Gasteiger partial charge >= 0.3 is 5.97 Å². The van der Waals surface area contributed by atoms with Gasteiger partial charge in [0.2, 0.25) is 0 Å². The third-order valence-electron chi connectivity index (χ3n) is 4.59. The van der Waals surface area contributed by atoms with Crippen molar-refractivity contribution in [3.63, 3.8) is 0 Å². The molecule has 0 unspecified atom stereocenters. The zero-order chi connectivity index (χ0) is 15.8. The summed E-state index contributed by atoms with van der Waals surface area (Å²) in [5.41, 5.74) is 2.36. The Morgan fingerprint density at radius 2 is 2.35 bits per heavy atom. The molecule has 1 aromatic heterocycles. The number of aromatic carboxylic acids is 1. The van der Waals surface area contributed by atoms with Crippen LogP contribution < -0.4 is 0 Å². The summed E-state index contributed by atoms with van der Waals surface area (Å²) in [5, 5.41) is 17.3. The van der Waals surface area contributed by atoms with E-state index in [1.54, 1.807) is 24.4 Å². The van der Waals surface area contributed by atoms with Crippen LogP contribution in [0.5, 0.6) is 0 Å². The Morgan fingerprint density at radius 3 is 3.22 bits per heavy atom. The maximum absolute atomic E-state index is 11.1. The molecule has 3 heterocycles. The summed E-state index contributed by atoms with van der Waals surface area (Å²) in [6, 6.07) is 7.31. The van der Waals surface area contributed by atoms with Crippen LogP contribution in [-0.4, -0.2) is 50.2 Å². The summed E-state index contributed by atoms with van der Waals surface area (Å²) in [6.45, 7) is 3.07. The lowest BCUT2D eigenvalue weighted by atomic mass is 9.99. The van der Waals surface area contributed by atoms with E-state index in [0.29, 0.717) is 12.2 Å². The summed E-state index contributed by atoms with van der Waals surface area (Å²) in [5.74, 6) is -0.890. The number of nitrogens with zero attached hydrogens (tertiary/aromatic N) is 4. The maximum atomic E-state index is 11.1. The van der Waals surface area contributed by atoms with Gasteiger partial charge in [0.25, 0.3) is 0 Å². The second kappa shape index (κ2) is 5.75. The van der Waals surface area contributed by atoms with Crippen molar-refractivity contribution in [1.29, 1.82) is 0 Å². The molecule has 0 spiro atoms. The minimum absolute atomic E-state index is 0.178. The summed E-state index contributed by atoms with van der Waals surface area (Å²) < 4.78 is 7.89. The quantitative estimate of drug-likeness (QED) is 0.920. The first-order valence-electron chi connectivity index (χ1n) is 7.76. The van der Waals surface area contributed by atoms with Gasteiger partial charge < -0.3 is 9.84 Å². The van der Waals surface area contributed by atoms with Gasteiger partial charge in [0.1, 0.15) is 0 Å². The number of carboxylic acid groups (broad SMARTS) is 1. The smallest absolute Gasteiger partial charge is 0.335 e. The Morgan fingerprint density at radius 1 is 1.43 bits per heavy atom. The summed E-state index contributed by atoms with van der Waals surface area (Å²) in [4.78, 5) is 13.4. The standard InChI is InChI=1S/C16H18N4O3/c21-16(22)12-3-1-2-11(6-12)8-19-5-4-15-14(9-19)20-13(10-23-15)7-17-18-20/h1-3,6-7,14-15H,4-5,8-10H2,(H,21,22)/t14-,15+/m0/s1. The normalized spacial score (nSPS) is 24.0. The Bertz CT molecular complexity index is 730. The van der Waals surface area contributed by atoms with Crippen molar-refractivity contribution in [3.8, 4) is 0 Å². The number of carbonyl (C=O) groups is 1. The molecule has 0 radical (unpaired) electrons. The highest BCUT2D eigenvalue weighted by atomic mass is 16.5. The molecular formula is C16H18N4O3. The minimum Gasteiger partial charge on any atom is -0.478 e. The fourth-order valence-corrected chi connectivity index (χ4v) is 3.45. The molecule has 7 heteroatoms. The van der Waals surface area contributed by atoms with Gasteiger partial charge in [-0.25, -0.2) is 9.48 Å². The molecule has 2 atom stereocenters. The fourth-order valence-electron chi connectivity index (χ4n) is 3.45. The van der Waals surface area contributed by atoms with Gasteiger partial charge in [-0.1, -0.05) is 17.3 Å². The molecular weight excluding hydrogens is 296 g/mol. The summed E-state index contributed by atoms with van der Waals surface area (Å²) in [6.07, 6.45) is 2.89. The Labute approximate surface area is 133 Å². The lowest BCUT2D eigenvalue weighted by Gasteiger charge is -2.41. The predicted molar refractivity (Wildman–Crippen MR) is 80.9 cm³/mol. The van der Waals surface area contributed by atoms with E-state index in [1.807, 2.05) is 10.7 Å². The van der Waals surface area contributed by atoms with Crippen molar-refractivity contribution >= 4 is 5.97 Å². The molecule has 1 fully saturated rings. The number of ether oxygens (including phenoxy) is 1. The van der Waals surface area contributed by atoms with Crippen molar-refractivity contribution in [3.05, 3.63) is 47.3 Å². The van der Waals surface area contributed by atoms with Crippen molar-refractivity contribution in [2.45, 2.75) is 31.7 Å². The van der Waals surface area contributed by atoms with Crippen LogP contribution in [0.2, 0.25) is 0 Å². The molecule has 120 valence electrons. The van der Waals surface area contributed by atoms with E-state index in [-0.39, 0.29) is 12.1 Å². The molecule has 1 N–H and O–H groups in total. The van der Waals surface area contributed by atoms with E-state index >= 15 is 0 Å². The van der Waals surface area contributed by atoms with Gasteiger partial charge in [-0.15, -0.1) is 5.10 Å². The van der Waals surface area contributed by atoms with Crippen LogP contribution in [-0.2, 0) is 17.9 Å². The van der Waals surface area contributed by atoms with Gasteiger partial charge in [0.15, 0.2) is 0 Å². The van der Waals surface area contributed by atoms with Crippen molar-refractivity contribution in [1.82, 2.24) is 19.9 Å². The molecule has 2 aliphatic heterocycles. The summed E-state index contributed by atoms with van der Waals surface area (Å²) >= 11 is 0. The second-order valence-electron chi connectivity index (χ2n) is 6.12. The van der Waals surface area contributed by atoms with Crippen molar-refractivity contribution < 1.29 is 14.6 Å². The number of fused-ring (bicyclic) bond motifs is 3.